The number of nitrogens with one attached hydrogen (secondary N) is 3. The van der Waals surface area contributed by atoms with Gasteiger partial charge in [-0.25, -0.2) is 10.3 Å². The van der Waals surface area contributed by atoms with Gasteiger partial charge in [-0.15, -0.1) is 11.3 Å². The predicted molar refractivity (Wildman–Crippen MR) is 93.4 cm³/mol. The first-order chi connectivity index (χ1) is 11.7. The highest BCUT2D eigenvalue weighted by Crippen LogP contribution is 2.28. The SMILES string of the molecule is O=C(NCc1ccccc1)Nc1ccc2sc(C(=O)NO)cc2c1. The Morgan fingerprint density at radius 1 is 1.04 bits per heavy atom. The van der Waals surface area contributed by atoms with Crippen molar-refractivity contribution in [3.63, 3.8) is 0 Å². The summed E-state index contributed by atoms with van der Waals surface area (Å²) in [6.07, 6.45) is 0. The van der Waals surface area contributed by atoms with Gasteiger partial charge in [-0.3, -0.25) is 10.0 Å². The molecular formula is C17H15N3O3S. The average molecular weight is 341 g/mol. The van der Waals surface area contributed by atoms with E-state index in [1.54, 1.807) is 23.7 Å². The van der Waals surface area contributed by atoms with Gasteiger partial charge in [0.25, 0.3) is 5.91 Å². The van der Waals surface area contributed by atoms with Crippen molar-refractivity contribution in [2.45, 2.75) is 6.54 Å². The number of urea groups is 1. The van der Waals surface area contributed by atoms with Crippen LogP contribution in [-0.2, 0) is 6.54 Å². The lowest BCUT2D eigenvalue weighted by Crippen LogP contribution is -2.28. The van der Waals surface area contributed by atoms with E-state index < -0.39 is 5.91 Å². The van der Waals surface area contributed by atoms with Crippen LogP contribution in [0.1, 0.15) is 15.2 Å². The van der Waals surface area contributed by atoms with Crippen LogP contribution in [-0.4, -0.2) is 17.1 Å². The lowest BCUT2D eigenvalue weighted by molar-refractivity contribution is 0.0711. The molecule has 24 heavy (non-hydrogen) atoms. The van der Waals surface area contributed by atoms with Crippen molar-refractivity contribution < 1.29 is 14.8 Å². The smallest absolute Gasteiger partial charge is 0.319 e. The number of hydrogen-bond donors (Lipinski definition) is 4. The summed E-state index contributed by atoms with van der Waals surface area (Å²) in [5.74, 6) is -0.550. The summed E-state index contributed by atoms with van der Waals surface area (Å²) in [5.41, 5.74) is 3.25. The van der Waals surface area contributed by atoms with E-state index in [0.29, 0.717) is 17.1 Å². The molecule has 7 heteroatoms. The minimum atomic E-state index is -0.550. The highest BCUT2D eigenvalue weighted by Gasteiger charge is 2.10. The fraction of sp³-hybridized carbons (Fsp3) is 0.0588. The third kappa shape index (κ3) is 3.70. The number of amides is 3. The first-order valence-corrected chi connectivity index (χ1v) is 8.04. The van der Waals surface area contributed by atoms with Gasteiger partial charge < -0.3 is 10.6 Å². The number of hydrogen-bond acceptors (Lipinski definition) is 4. The molecule has 1 aromatic heterocycles. The zero-order valence-corrected chi connectivity index (χ0v) is 13.4. The van der Waals surface area contributed by atoms with Crippen molar-refractivity contribution in [3.8, 4) is 0 Å². The quantitative estimate of drug-likeness (QED) is 0.433. The molecule has 4 N–H and O–H groups in total. The molecular weight excluding hydrogens is 326 g/mol. The summed E-state index contributed by atoms with van der Waals surface area (Å²) in [6, 6.07) is 16.4. The van der Waals surface area contributed by atoms with Crippen LogP contribution in [0.25, 0.3) is 10.1 Å². The van der Waals surface area contributed by atoms with Crippen molar-refractivity contribution in [2.75, 3.05) is 5.32 Å². The van der Waals surface area contributed by atoms with Crippen LogP contribution in [0, 0.1) is 0 Å². The number of carbonyl (C=O) groups excluding carboxylic acids is 2. The molecule has 6 nitrogen and oxygen atoms in total. The molecule has 0 aliphatic rings. The first-order valence-electron chi connectivity index (χ1n) is 7.22. The van der Waals surface area contributed by atoms with Crippen molar-refractivity contribution in [1.29, 1.82) is 0 Å². The van der Waals surface area contributed by atoms with Crippen LogP contribution in [0.4, 0.5) is 10.5 Å². The monoisotopic (exact) mass is 341 g/mol. The van der Waals surface area contributed by atoms with Gasteiger partial charge in [0.15, 0.2) is 0 Å². The Hall–Kier alpha value is -2.90. The van der Waals surface area contributed by atoms with Crippen LogP contribution >= 0.6 is 11.3 Å². The summed E-state index contributed by atoms with van der Waals surface area (Å²) in [7, 11) is 0. The number of rotatable bonds is 4. The second kappa shape index (κ2) is 7.12. The Bertz CT molecular complexity index is 877. The normalized spacial score (nSPS) is 10.4. The van der Waals surface area contributed by atoms with Crippen molar-refractivity contribution in [3.05, 3.63) is 65.0 Å². The second-order valence-electron chi connectivity index (χ2n) is 5.10. The van der Waals surface area contributed by atoms with Gasteiger partial charge in [-0.2, -0.15) is 0 Å². The van der Waals surface area contributed by atoms with Gasteiger partial charge in [0, 0.05) is 16.9 Å². The summed E-state index contributed by atoms with van der Waals surface area (Å²) >= 11 is 1.26. The van der Waals surface area contributed by atoms with Crippen molar-refractivity contribution in [1.82, 2.24) is 10.8 Å². The Labute approximate surface area is 142 Å². The van der Waals surface area contributed by atoms with Gasteiger partial charge in [0.2, 0.25) is 0 Å². The largest absolute Gasteiger partial charge is 0.334 e. The standard InChI is InChI=1S/C17H15N3O3S/c21-16(20-23)15-9-12-8-13(6-7-14(12)24-15)19-17(22)18-10-11-4-2-1-3-5-11/h1-9,23H,10H2,(H,20,21)(H2,18,19,22). The van der Waals surface area contributed by atoms with Gasteiger partial charge in [0.05, 0.1) is 4.88 Å². The molecule has 122 valence electrons. The molecule has 2 aromatic carbocycles. The van der Waals surface area contributed by atoms with Crippen LogP contribution in [0.2, 0.25) is 0 Å². The summed E-state index contributed by atoms with van der Waals surface area (Å²) in [6.45, 7) is 0.439. The molecule has 1 heterocycles. The topological polar surface area (TPSA) is 90.5 Å². The number of benzene rings is 2. The molecule has 3 rings (SSSR count). The van der Waals surface area contributed by atoms with E-state index in [4.69, 9.17) is 5.21 Å². The molecule has 0 atom stereocenters. The van der Waals surface area contributed by atoms with Crippen molar-refractivity contribution in [2.24, 2.45) is 0 Å². The number of hydroxylamine groups is 1. The molecule has 0 unspecified atom stereocenters. The Balaban J connectivity index is 1.66. The summed E-state index contributed by atoms with van der Waals surface area (Å²) in [4.78, 5) is 23.8. The molecule has 0 fully saturated rings. The Morgan fingerprint density at radius 3 is 2.58 bits per heavy atom. The number of carbonyl (C=O) groups is 2. The van der Waals surface area contributed by atoms with Crippen LogP contribution in [0.15, 0.2) is 54.6 Å². The molecule has 0 spiro atoms. The van der Waals surface area contributed by atoms with E-state index >= 15 is 0 Å². The maximum absolute atomic E-state index is 12.0. The maximum Gasteiger partial charge on any atom is 0.319 e. The molecule has 0 aliphatic heterocycles. The average Bonchev–Trinajstić information content (AvgIpc) is 3.03. The number of anilines is 1. The fourth-order valence-corrected chi connectivity index (χ4v) is 3.17. The van der Waals surface area contributed by atoms with Gasteiger partial charge in [-0.1, -0.05) is 30.3 Å². The number of thiophene rings is 1. The first kappa shape index (κ1) is 16.0. The molecule has 0 radical (unpaired) electrons. The van der Waals surface area contributed by atoms with E-state index in [1.807, 2.05) is 36.4 Å². The van der Waals surface area contributed by atoms with Gasteiger partial charge in [0.1, 0.15) is 0 Å². The zero-order chi connectivity index (χ0) is 16.9. The maximum atomic E-state index is 12.0. The molecule has 0 bridgehead atoms. The Morgan fingerprint density at radius 2 is 1.83 bits per heavy atom. The zero-order valence-electron chi connectivity index (χ0n) is 12.6. The van der Waals surface area contributed by atoms with E-state index in [-0.39, 0.29) is 6.03 Å². The predicted octanol–water partition coefficient (Wildman–Crippen LogP) is 3.34. The molecule has 0 saturated heterocycles. The Kier molecular flexibility index (Phi) is 4.74. The molecule has 3 aromatic rings. The second-order valence-corrected chi connectivity index (χ2v) is 6.18. The van der Waals surface area contributed by atoms with Crippen LogP contribution < -0.4 is 16.1 Å². The minimum Gasteiger partial charge on any atom is -0.334 e. The van der Waals surface area contributed by atoms with E-state index in [1.165, 1.54) is 11.3 Å². The van der Waals surface area contributed by atoms with E-state index in [0.717, 1.165) is 15.6 Å². The van der Waals surface area contributed by atoms with Gasteiger partial charge in [-0.05, 0) is 35.2 Å². The third-order valence-corrected chi connectivity index (χ3v) is 4.51. The van der Waals surface area contributed by atoms with Gasteiger partial charge >= 0.3 is 6.03 Å². The minimum absolute atomic E-state index is 0.304. The third-order valence-electron chi connectivity index (χ3n) is 3.40. The summed E-state index contributed by atoms with van der Waals surface area (Å²) < 4.78 is 0.892. The number of fused-ring (bicyclic) bond motifs is 1. The van der Waals surface area contributed by atoms with E-state index in [9.17, 15) is 9.59 Å². The lowest BCUT2D eigenvalue weighted by Gasteiger charge is -2.07. The molecule has 3 amide bonds. The molecule has 0 aliphatic carbocycles. The van der Waals surface area contributed by atoms with Crippen LogP contribution in [0.5, 0.6) is 0 Å². The molecule has 0 saturated carbocycles. The van der Waals surface area contributed by atoms with Crippen molar-refractivity contribution >= 4 is 39.0 Å². The summed E-state index contributed by atoms with van der Waals surface area (Å²) in [5, 5.41) is 15.0. The van der Waals surface area contributed by atoms with Crippen LogP contribution in [0.3, 0.4) is 0 Å². The fourth-order valence-electron chi connectivity index (χ4n) is 2.24. The van der Waals surface area contributed by atoms with E-state index in [2.05, 4.69) is 10.6 Å². The lowest BCUT2D eigenvalue weighted by atomic mass is 10.2. The highest BCUT2D eigenvalue weighted by atomic mass is 32.1. The highest BCUT2D eigenvalue weighted by molar-refractivity contribution is 7.20.